The maximum Gasteiger partial charge on any atom is 0.251 e. The van der Waals surface area contributed by atoms with E-state index in [2.05, 4.69) is 21.0 Å². The van der Waals surface area contributed by atoms with Gasteiger partial charge in [0.1, 0.15) is 0 Å². The van der Waals surface area contributed by atoms with Gasteiger partial charge in [-0.3, -0.25) is 4.79 Å². The van der Waals surface area contributed by atoms with Crippen LogP contribution in [0.25, 0.3) is 0 Å². The molecule has 0 N–H and O–H groups in total. The number of hydrazone groups is 1. The Morgan fingerprint density at radius 3 is 2.76 bits per heavy atom. The van der Waals surface area contributed by atoms with Gasteiger partial charge in [0.15, 0.2) is 0 Å². The Kier molecular flexibility index (Phi) is 3.54. The van der Waals surface area contributed by atoms with Crippen molar-refractivity contribution >= 4 is 39.1 Å². The van der Waals surface area contributed by atoms with E-state index in [1.54, 1.807) is 0 Å². The minimum absolute atomic E-state index is 0.0496. The first-order valence-electron chi connectivity index (χ1n) is 5.29. The van der Waals surface area contributed by atoms with Crippen LogP contribution in [0.15, 0.2) is 27.8 Å². The summed E-state index contributed by atoms with van der Waals surface area (Å²) < 4.78 is 0.831. The van der Waals surface area contributed by atoms with Crippen LogP contribution in [0.2, 0.25) is 5.02 Å². The highest BCUT2D eigenvalue weighted by molar-refractivity contribution is 9.10. The van der Waals surface area contributed by atoms with Crippen molar-refractivity contribution in [2.75, 3.05) is 0 Å². The highest BCUT2D eigenvalue weighted by Gasteiger charge is 2.29. The van der Waals surface area contributed by atoms with Gasteiger partial charge in [-0.25, -0.2) is 5.01 Å². The SMILES string of the molecule is CC1=NN(Cc2ccc(Cl)c(Br)c2)C(=O)C1C. The van der Waals surface area contributed by atoms with Crippen LogP contribution in [0.5, 0.6) is 0 Å². The third kappa shape index (κ3) is 2.53. The highest BCUT2D eigenvalue weighted by Crippen LogP contribution is 2.25. The molecule has 3 nitrogen and oxygen atoms in total. The summed E-state index contributed by atoms with van der Waals surface area (Å²) in [5.74, 6) is -0.0562. The first kappa shape index (κ1) is 12.6. The topological polar surface area (TPSA) is 32.7 Å². The van der Waals surface area contributed by atoms with Gasteiger partial charge in [-0.05, 0) is 47.5 Å². The Balaban J connectivity index is 2.17. The fraction of sp³-hybridized carbons (Fsp3) is 0.333. The molecule has 0 spiro atoms. The number of hydrogen-bond donors (Lipinski definition) is 0. The second-order valence-electron chi connectivity index (χ2n) is 4.11. The van der Waals surface area contributed by atoms with Crippen LogP contribution in [0.3, 0.4) is 0 Å². The highest BCUT2D eigenvalue weighted by atomic mass is 79.9. The third-order valence-electron chi connectivity index (χ3n) is 2.85. The molecule has 0 fully saturated rings. The van der Waals surface area contributed by atoms with E-state index < -0.39 is 0 Å². The minimum Gasteiger partial charge on any atom is -0.272 e. The fourth-order valence-electron chi connectivity index (χ4n) is 1.65. The fourth-order valence-corrected chi connectivity index (χ4v) is 2.20. The summed E-state index contributed by atoms with van der Waals surface area (Å²) in [6, 6.07) is 5.61. The summed E-state index contributed by atoms with van der Waals surface area (Å²) in [6.07, 6.45) is 0. The molecule has 1 heterocycles. The number of benzene rings is 1. The molecule has 2 rings (SSSR count). The normalized spacial score (nSPS) is 19.8. The van der Waals surface area contributed by atoms with Crippen molar-refractivity contribution in [3.63, 3.8) is 0 Å². The number of hydrogen-bond acceptors (Lipinski definition) is 2. The Morgan fingerprint density at radius 1 is 1.53 bits per heavy atom. The van der Waals surface area contributed by atoms with Crippen LogP contribution in [0.1, 0.15) is 19.4 Å². The van der Waals surface area contributed by atoms with Crippen LogP contribution < -0.4 is 0 Å². The van der Waals surface area contributed by atoms with Gasteiger partial charge in [-0.2, -0.15) is 5.10 Å². The molecule has 17 heavy (non-hydrogen) atoms. The number of rotatable bonds is 2. The molecule has 1 aliphatic heterocycles. The largest absolute Gasteiger partial charge is 0.272 e. The van der Waals surface area contributed by atoms with Crippen molar-refractivity contribution in [3.05, 3.63) is 33.3 Å². The Morgan fingerprint density at radius 2 is 2.24 bits per heavy atom. The molecule has 1 aromatic carbocycles. The summed E-state index contributed by atoms with van der Waals surface area (Å²) >= 11 is 9.28. The molecular weight excluding hydrogens is 304 g/mol. The lowest BCUT2D eigenvalue weighted by Gasteiger charge is -2.13. The van der Waals surface area contributed by atoms with Gasteiger partial charge in [-0.1, -0.05) is 17.7 Å². The maximum atomic E-state index is 11.8. The molecule has 0 saturated heterocycles. The maximum absolute atomic E-state index is 11.8. The van der Waals surface area contributed by atoms with E-state index in [0.717, 1.165) is 15.7 Å². The van der Waals surface area contributed by atoms with E-state index >= 15 is 0 Å². The molecule has 1 aliphatic rings. The predicted octanol–water partition coefficient (Wildman–Crippen LogP) is 3.46. The number of carbonyl (C=O) groups is 1. The van der Waals surface area contributed by atoms with Crippen molar-refractivity contribution in [2.45, 2.75) is 20.4 Å². The molecule has 0 aromatic heterocycles. The van der Waals surface area contributed by atoms with E-state index in [9.17, 15) is 4.79 Å². The van der Waals surface area contributed by atoms with Crippen LogP contribution in [0, 0.1) is 5.92 Å². The van der Waals surface area contributed by atoms with Gasteiger partial charge in [0.05, 0.1) is 17.5 Å². The van der Waals surface area contributed by atoms with Gasteiger partial charge >= 0.3 is 0 Å². The van der Waals surface area contributed by atoms with Gasteiger partial charge in [0, 0.05) is 10.2 Å². The van der Waals surface area contributed by atoms with Gasteiger partial charge in [-0.15, -0.1) is 0 Å². The second-order valence-corrected chi connectivity index (χ2v) is 5.37. The second kappa shape index (κ2) is 4.78. The lowest BCUT2D eigenvalue weighted by molar-refractivity contribution is -0.131. The summed E-state index contributed by atoms with van der Waals surface area (Å²) in [6.45, 7) is 4.23. The summed E-state index contributed by atoms with van der Waals surface area (Å²) in [4.78, 5) is 11.8. The zero-order valence-electron chi connectivity index (χ0n) is 9.58. The number of nitrogens with zero attached hydrogens (tertiary/aromatic N) is 2. The predicted molar refractivity (Wildman–Crippen MR) is 72.0 cm³/mol. The molecule has 0 aliphatic carbocycles. The van der Waals surface area contributed by atoms with E-state index in [1.165, 1.54) is 5.01 Å². The Bertz CT molecular complexity index is 501. The Labute approximate surface area is 114 Å². The molecule has 0 bridgehead atoms. The van der Waals surface area contributed by atoms with Crippen molar-refractivity contribution in [2.24, 2.45) is 11.0 Å². The molecule has 90 valence electrons. The van der Waals surface area contributed by atoms with Gasteiger partial charge < -0.3 is 0 Å². The standard InChI is InChI=1S/C12H12BrClN2O/c1-7-8(2)15-16(12(7)17)6-9-3-4-11(14)10(13)5-9/h3-5,7H,6H2,1-2H3. The average molecular weight is 316 g/mol. The van der Waals surface area contributed by atoms with E-state index in [1.807, 2.05) is 32.0 Å². The third-order valence-corrected chi connectivity index (χ3v) is 4.06. The average Bonchev–Trinajstić information content (AvgIpc) is 2.52. The Hall–Kier alpha value is -0.870. The van der Waals surface area contributed by atoms with Crippen molar-refractivity contribution in [1.82, 2.24) is 5.01 Å². The van der Waals surface area contributed by atoms with Gasteiger partial charge in [0.25, 0.3) is 5.91 Å². The van der Waals surface area contributed by atoms with Crippen molar-refractivity contribution in [3.8, 4) is 0 Å². The van der Waals surface area contributed by atoms with E-state index in [-0.39, 0.29) is 11.8 Å². The lowest BCUT2D eigenvalue weighted by atomic mass is 10.1. The molecule has 1 aromatic rings. The smallest absolute Gasteiger partial charge is 0.251 e. The summed E-state index contributed by atoms with van der Waals surface area (Å²) in [5.41, 5.74) is 1.86. The summed E-state index contributed by atoms with van der Waals surface area (Å²) in [7, 11) is 0. The molecule has 1 amide bonds. The zero-order chi connectivity index (χ0) is 12.6. The molecule has 1 unspecified atom stereocenters. The minimum atomic E-state index is -0.106. The molecule has 1 atom stereocenters. The number of halogens is 2. The van der Waals surface area contributed by atoms with Crippen LogP contribution >= 0.6 is 27.5 Å². The van der Waals surface area contributed by atoms with Gasteiger partial charge in [0.2, 0.25) is 0 Å². The number of carbonyl (C=O) groups excluding carboxylic acids is 1. The van der Waals surface area contributed by atoms with Crippen molar-refractivity contribution in [1.29, 1.82) is 0 Å². The van der Waals surface area contributed by atoms with Crippen LogP contribution in [-0.2, 0) is 11.3 Å². The zero-order valence-corrected chi connectivity index (χ0v) is 11.9. The molecule has 5 heteroatoms. The van der Waals surface area contributed by atoms with Crippen molar-refractivity contribution < 1.29 is 4.79 Å². The lowest BCUT2D eigenvalue weighted by Crippen LogP contribution is -2.25. The monoisotopic (exact) mass is 314 g/mol. The quantitative estimate of drug-likeness (QED) is 0.822. The first-order valence-corrected chi connectivity index (χ1v) is 6.46. The molecule has 0 saturated carbocycles. The first-order chi connectivity index (χ1) is 7.99. The number of amides is 1. The summed E-state index contributed by atoms with van der Waals surface area (Å²) in [5, 5.41) is 6.42. The van der Waals surface area contributed by atoms with E-state index in [0.29, 0.717) is 11.6 Å². The van der Waals surface area contributed by atoms with Crippen LogP contribution in [0.4, 0.5) is 0 Å². The molecular formula is C12H12BrClN2O. The van der Waals surface area contributed by atoms with Crippen LogP contribution in [-0.4, -0.2) is 16.6 Å². The molecule has 0 radical (unpaired) electrons. The van der Waals surface area contributed by atoms with E-state index in [4.69, 9.17) is 11.6 Å².